The molecule has 1 unspecified atom stereocenters. The van der Waals surface area contributed by atoms with Gasteiger partial charge in [-0.2, -0.15) is 0 Å². The molecule has 1 fully saturated rings. The molecule has 1 atom stereocenters. The van der Waals surface area contributed by atoms with Gasteiger partial charge in [0.2, 0.25) is 5.91 Å². The van der Waals surface area contributed by atoms with Crippen LogP contribution in [0.1, 0.15) is 24.0 Å². The van der Waals surface area contributed by atoms with Crippen LogP contribution in [0.4, 0.5) is 0 Å². The van der Waals surface area contributed by atoms with Gasteiger partial charge >= 0.3 is 0 Å². The summed E-state index contributed by atoms with van der Waals surface area (Å²) in [5.74, 6) is 0.111. The summed E-state index contributed by atoms with van der Waals surface area (Å²) >= 11 is 0. The van der Waals surface area contributed by atoms with Crippen molar-refractivity contribution >= 4 is 5.91 Å². The van der Waals surface area contributed by atoms with E-state index in [4.69, 9.17) is 0 Å². The van der Waals surface area contributed by atoms with Crippen LogP contribution in [0.15, 0.2) is 48.5 Å². The first kappa shape index (κ1) is 14.8. The number of aryl methyl sites for hydroxylation is 1. The van der Waals surface area contributed by atoms with Crippen LogP contribution in [0.3, 0.4) is 0 Å². The van der Waals surface area contributed by atoms with Crippen molar-refractivity contribution < 1.29 is 4.79 Å². The Labute approximate surface area is 131 Å². The number of hydrogen-bond acceptors (Lipinski definition) is 2. The number of benzene rings is 2. The smallest absolute Gasteiger partial charge is 0.237 e. The fourth-order valence-electron chi connectivity index (χ4n) is 2.86. The molecule has 0 radical (unpaired) electrons. The van der Waals surface area contributed by atoms with E-state index in [-0.39, 0.29) is 11.9 Å². The Balaban J connectivity index is 1.60. The van der Waals surface area contributed by atoms with Crippen molar-refractivity contribution in [3.05, 3.63) is 59.7 Å². The van der Waals surface area contributed by atoms with E-state index in [0.717, 1.165) is 24.9 Å². The number of rotatable bonds is 4. The molecule has 0 spiro atoms. The lowest BCUT2D eigenvalue weighted by molar-refractivity contribution is -0.122. The zero-order valence-electron chi connectivity index (χ0n) is 12.9. The molecule has 0 saturated carbocycles. The fraction of sp³-hybridized carbons (Fsp3) is 0.316. The minimum absolute atomic E-state index is 0.00781. The summed E-state index contributed by atoms with van der Waals surface area (Å²) in [5.41, 5.74) is 4.82. The minimum Gasteiger partial charge on any atom is -0.351 e. The Morgan fingerprint density at radius 3 is 2.68 bits per heavy atom. The standard InChI is InChI=1S/C19H22N2O/c1-14-4-2-5-17(12-14)16-9-7-15(8-10-16)13-21-19(22)18-6-3-11-20-18/h2,4-5,7-10,12,18,20H,3,6,11,13H2,1H3,(H,21,22). The summed E-state index contributed by atoms with van der Waals surface area (Å²) in [6.07, 6.45) is 2.03. The van der Waals surface area contributed by atoms with Crippen molar-refractivity contribution in [2.75, 3.05) is 6.54 Å². The van der Waals surface area contributed by atoms with Crippen LogP contribution in [0.25, 0.3) is 11.1 Å². The lowest BCUT2D eigenvalue weighted by Crippen LogP contribution is -2.39. The van der Waals surface area contributed by atoms with Crippen molar-refractivity contribution in [1.29, 1.82) is 0 Å². The predicted molar refractivity (Wildman–Crippen MR) is 89.5 cm³/mol. The molecule has 1 saturated heterocycles. The molecule has 0 aliphatic carbocycles. The van der Waals surface area contributed by atoms with E-state index in [1.165, 1.54) is 16.7 Å². The van der Waals surface area contributed by atoms with Crippen LogP contribution in [0.5, 0.6) is 0 Å². The van der Waals surface area contributed by atoms with Gasteiger partial charge in [-0.1, -0.05) is 54.1 Å². The second-order valence-corrected chi connectivity index (χ2v) is 5.93. The molecule has 3 rings (SSSR count). The Morgan fingerprint density at radius 2 is 2.00 bits per heavy atom. The molecule has 3 nitrogen and oxygen atoms in total. The van der Waals surface area contributed by atoms with Crippen LogP contribution >= 0.6 is 0 Å². The first-order chi connectivity index (χ1) is 10.7. The van der Waals surface area contributed by atoms with E-state index < -0.39 is 0 Å². The van der Waals surface area contributed by atoms with Crippen LogP contribution in [-0.2, 0) is 11.3 Å². The quantitative estimate of drug-likeness (QED) is 0.910. The van der Waals surface area contributed by atoms with Gasteiger partial charge in [0, 0.05) is 6.54 Å². The Kier molecular flexibility index (Phi) is 4.54. The molecule has 3 heteroatoms. The average molecular weight is 294 g/mol. The Morgan fingerprint density at radius 1 is 1.18 bits per heavy atom. The molecule has 0 bridgehead atoms. The topological polar surface area (TPSA) is 41.1 Å². The zero-order valence-corrected chi connectivity index (χ0v) is 12.9. The van der Waals surface area contributed by atoms with Crippen molar-refractivity contribution in [2.24, 2.45) is 0 Å². The maximum Gasteiger partial charge on any atom is 0.237 e. The van der Waals surface area contributed by atoms with Gasteiger partial charge < -0.3 is 10.6 Å². The third-order valence-electron chi connectivity index (χ3n) is 4.15. The summed E-state index contributed by atoms with van der Waals surface area (Å²) in [6.45, 7) is 3.64. The summed E-state index contributed by atoms with van der Waals surface area (Å²) in [5, 5.41) is 6.22. The molecule has 114 valence electrons. The molecule has 2 aromatic carbocycles. The maximum absolute atomic E-state index is 12.0. The highest BCUT2D eigenvalue weighted by Crippen LogP contribution is 2.20. The van der Waals surface area contributed by atoms with Gasteiger partial charge in [0.25, 0.3) is 0 Å². The second kappa shape index (κ2) is 6.75. The minimum atomic E-state index is -0.00781. The van der Waals surface area contributed by atoms with E-state index in [2.05, 4.69) is 66.1 Å². The predicted octanol–water partition coefficient (Wildman–Crippen LogP) is 3.03. The molecule has 0 aromatic heterocycles. The summed E-state index contributed by atoms with van der Waals surface area (Å²) in [7, 11) is 0. The Bertz CT molecular complexity index is 643. The summed E-state index contributed by atoms with van der Waals surface area (Å²) in [4.78, 5) is 12.0. The third kappa shape index (κ3) is 3.55. The number of carbonyl (C=O) groups is 1. The highest BCUT2D eigenvalue weighted by atomic mass is 16.2. The molecule has 2 aromatic rings. The highest BCUT2D eigenvalue weighted by molar-refractivity contribution is 5.82. The van der Waals surface area contributed by atoms with Crippen molar-refractivity contribution in [1.82, 2.24) is 10.6 Å². The average Bonchev–Trinajstić information content (AvgIpc) is 3.08. The van der Waals surface area contributed by atoms with E-state index in [1.807, 2.05) is 0 Å². The SMILES string of the molecule is Cc1cccc(-c2ccc(CNC(=O)C3CCCN3)cc2)c1. The monoisotopic (exact) mass is 294 g/mol. The molecule has 2 N–H and O–H groups in total. The number of amides is 1. The Hall–Kier alpha value is -2.13. The van der Waals surface area contributed by atoms with Gasteiger partial charge in [-0.3, -0.25) is 4.79 Å². The maximum atomic E-state index is 12.0. The molecule has 1 aliphatic rings. The molecule has 1 heterocycles. The van der Waals surface area contributed by atoms with Crippen LogP contribution < -0.4 is 10.6 Å². The van der Waals surface area contributed by atoms with Gasteiger partial charge in [-0.05, 0) is 43.0 Å². The third-order valence-corrected chi connectivity index (χ3v) is 4.15. The second-order valence-electron chi connectivity index (χ2n) is 5.93. The number of hydrogen-bond donors (Lipinski definition) is 2. The van der Waals surface area contributed by atoms with Gasteiger partial charge in [0.1, 0.15) is 0 Å². The lowest BCUT2D eigenvalue weighted by Gasteiger charge is -2.11. The lowest BCUT2D eigenvalue weighted by atomic mass is 10.0. The molecule has 1 aliphatic heterocycles. The molecule has 1 amide bonds. The van der Waals surface area contributed by atoms with Gasteiger partial charge in [-0.15, -0.1) is 0 Å². The van der Waals surface area contributed by atoms with Gasteiger partial charge in [0.15, 0.2) is 0 Å². The number of carbonyl (C=O) groups excluding carboxylic acids is 1. The van der Waals surface area contributed by atoms with E-state index in [0.29, 0.717) is 6.54 Å². The van der Waals surface area contributed by atoms with Gasteiger partial charge in [0.05, 0.1) is 6.04 Å². The molecular formula is C19H22N2O. The largest absolute Gasteiger partial charge is 0.351 e. The summed E-state index contributed by atoms with van der Waals surface area (Å²) < 4.78 is 0. The van der Waals surface area contributed by atoms with Crippen LogP contribution in [0.2, 0.25) is 0 Å². The summed E-state index contributed by atoms with van der Waals surface area (Å²) in [6, 6.07) is 16.9. The zero-order chi connectivity index (χ0) is 15.4. The van der Waals surface area contributed by atoms with E-state index in [1.54, 1.807) is 0 Å². The van der Waals surface area contributed by atoms with Crippen molar-refractivity contribution in [3.8, 4) is 11.1 Å². The van der Waals surface area contributed by atoms with Crippen LogP contribution in [-0.4, -0.2) is 18.5 Å². The van der Waals surface area contributed by atoms with Crippen molar-refractivity contribution in [2.45, 2.75) is 32.4 Å². The van der Waals surface area contributed by atoms with Crippen molar-refractivity contribution in [3.63, 3.8) is 0 Å². The fourth-order valence-corrected chi connectivity index (χ4v) is 2.86. The van der Waals surface area contributed by atoms with Gasteiger partial charge in [-0.25, -0.2) is 0 Å². The first-order valence-electron chi connectivity index (χ1n) is 7.89. The van der Waals surface area contributed by atoms with E-state index >= 15 is 0 Å². The number of nitrogens with one attached hydrogen (secondary N) is 2. The van der Waals surface area contributed by atoms with E-state index in [9.17, 15) is 4.79 Å². The molecule has 22 heavy (non-hydrogen) atoms. The normalized spacial score (nSPS) is 17.4. The van der Waals surface area contributed by atoms with Crippen LogP contribution in [0, 0.1) is 6.92 Å². The highest BCUT2D eigenvalue weighted by Gasteiger charge is 2.21. The molecular weight excluding hydrogens is 272 g/mol. The first-order valence-corrected chi connectivity index (χ1v) is 7.89.